The molecule has 0 aliphatic rings. The summed E-state index contributed by atoms with van der Waals surface area (Å²) in [5, 5.41) is 0.152. The van der Waals surface area contributed by atoms with E-state index in [0.717, 1.165) is 63.5 Å². The molecule has 0 fully saturated rings. The minimum Gasteiger partial charge on any atom is -0.790 e. The van der Waals surface area contributed by atoms with Crippen molar-refractivity contribution in [1.82, 2.24) is 0 Å². The van der Waals surface area contributed by atoms with Crippen molar-refractivity contribution < 1.29 is 102 Å². The van der Waals surface area contributed by atoms with Gasteiger partial charge in [0.05, 0.1) is 14.4 Å². The fraction of sp³-hybridized carbons (Fsp3) is 0.900. The van der Waals surface area contributed by atoms with Crippen molar-refractivity contribution in [3.05, 3.63) is 0 Å². The number of phosphoric ester groups is 1. The van der Waals surface area contributed by atoms with Crippen molar-refractivity contribution in [3.8, 4) is 0 Å². The van der Waals surface area contributed by atoms with Gasteiger partial charge in [-0.05, 0) is 19.3 Å². The average Bonchev–Trinajstić information content (AvgIpc) is 2.91. The van der Waals surface area contributed by atoms with Gasteiger partial charge in [0.2, 0.25) is 0 Å². The first-order valence-electron chi connectivity index (χ1n) is 15.8. The van der Waals surface area contributed by atoms with Crippen molar-refractivity contribution in [2.24, 2.45) is 0 Å². The van der Waals surface area contributed by atoms with Crippen molar-refractivity contribution >= 4 is 36.6 Å². The van der Waals surface area contributed by atoms with Crippen LogP contribution in [0.5, 0.6) is 0 Å². The largest absolute Gasteiger partial charge is 1.00 e. The second kappa shape index (κ2) is 34.4. The molecule has 0 rings (SSSR count). The van der Waals surface area contributed by atoms with Crippen molar-refractivity contribution in [1.29, 1.82) is 0 Å². The zero-order valence-corrected chi connectivity index (χ0v) is 33.3. The molecule has 0 amide bonds. The summed E-state index contributed by atoms with van der Waals surface area (Å²) in [5.74, 6) is -0.141. The number of hydrogen-bond donors (Lipinski definition) is 0. The summed E-state index contributed by atoms with van der Waals surface area (Å²) in [7, 11) is -5.25. The first-order valence-corrected chi connectivity index (χ1v) is 18.2. The van der Waals surface area contributed by atoms with E-state index < -0.39 is 32.5 Å². The molecule has 0 saturated heterocycles. The summed E-state index contributed by atoms with van der Waals surface area (Å²) in [6.07, 6.45) is 20.1. The van der Waals surface area contributed by atoms with E-state index in [1.165, 1.54) is 63.1 Å². The first-order chi connectivity index (χ1) is 19.6. The molecule has 0 aromatic heterocycles. The van der Waals surface area contributed by atoms with Gasteiger partial charge in [-0.3, -0.25) is 14.4 Å². The van der Waals surface area contributed by atoms with E-state index in [0.29, 0.717) is 12.8 Å². The maximum atomic E-state index is 12.2. The number of hydrogen-bond acceptors (Lipinski definition) is 10. The van der Waals surface area contributed by atoms with Gasteiger partial charge in [0.1, 0.15) is 6.61 Å². The topological polar surface area (TPSA) is 142 Å². The number of unbranched alkanes of at least 4 members (excludes halogenated alkanes) is 17. The third-order valence-electron chi connectivity index (χ3n) is 6.71. The molecule has 0 aromatic carbocycles. The molecule has 0 aromatic rings. The number of carbonyl (C=O) groups is 3. The Morgan fingerprint density at radius 1 is 0.651 bits per heavy atom. The van der Waals surface area contributed by atoms with E-state index >= 15 is 0 Å². The molecule has 0 unspecified atom stereocenters. The Labute approximate surface area is 309 Å². The van der Waals surface area contributed by atoms with Crippen LogP contribution in [-0.4, -0.2) is 42.1 Å². The van der Waals surface area contributed by atoms with Crippen LogP contribution in [0.2, 0.25) is 0 Å². The Kier molecular flexibility index (Phi) is 38.8. The smallest absolute Gasteiger partial charge is 0.790 e. The molecule has 0 aliphatic heterocycles. The number of rotatable bonds is 29. The van der Waals surface area contributed by atoms with Crippen LogP contribution in [0.3, 0.4) is 0 Å². The Bertz CT molecular complexity index is 726. The molecule has 0 saturated carbocycles. The minimum atomic E-state index is -5.25. The van der Waals surface area contributed by atoms with Gasteiger partial charge in [0, 0.05) is 25.5 Å². The summed E-state index contributed by atoms with van der Waals surface area (Å²) in [6, 6.07) is 0. The van der Waals surface area contributed by atoms with E-state index in [9.17, 15) is 28.7 Å². The Morgan fingerprint density at radius 2 is 1.07 bits per heavy atom. The number of esters is 2. The summed E-state index contributed by atoms with van der Waals surface area (Å²) in [5.41, 5.74) is 0. The minimum absolute atomic E-state index is 0. The van der Waals surface area contributed by atoms with E-state index in [-0.39, 0.29) is 83.7 Å². The van der Waals surface area contributed by atoms with Gasteiger partial charge in [-0.2, -0.15) is 0 Å². The Morgan fingerprint density at radius 3 is 1.51 bits per heavy atom. The van der Waals surface area contributed by atoms with E-state index in [4.69, 9.17) is 9.47 Å². The Balaban J connectivity index is -0.00000800. The van der Waals surface area contributed by atoms with Gasteiger partial charge in [0.25, 0.3) is 0 Å². The van der Waals surface area contributed by atoms with E-state index in [1.54, 1.807) is 6.92 Å². The SMILES string of the molecule is CCCCCCCCCCCCCCC(=O)O[C@@H](COC(=O)CCCCCCCCCSC(C)=O)COP(=O)([O-])[O-].[Na+].[Na+]. The number of ether oxygens (including phenoxy) is 2. The number of phosphoric acid groups is 1. The second-order valence-electron chi connectivity index (χ2n) is 10.7. The van der Waals surface area contributed by atoms with Gasteiger partial charge in [-0.1, -0.05) is 121 Å². The molecule has 13 heteroatoms. The van der Waals surface area contributed by atoms with Gasteiger partial charge >= 0.3 is 71.1 Å². The van der Waals surface area contributed by atoms with Gasteiger partial charge in [0.15, 0.2) is 11.2 Å². The molecule has 0 radical (unpaired) electrons. The van der Waals surface area contributed by atoms with Crippen LogP contribution in [0.1, 0.15) is 149 Å². The predicted molar refractivity (Wildman–Crippen MR) is 160 cm³/mol. The van der Waals surface area contributed by atoms with E-state index in [1.807, 2.05) is 0 Å². The molecule has 9 nitrogen and oxygen atoms in total. The van der Waals surface area contributed by atoms with Gasteiger partial charge in [-0.15, -0.1) is 0 Å². The molecular formula is C30H55Na2O9PS. The summed E-state index contributed by atoms with van der Waals surface area (Å²) in [6.45, 7) is 2.77. The van der Waals surface area contributed by atoms with Crippen LogP contribution in [0.15, 0.2) is 0 Å². The van der Waals surface area contributed by atoms with Crippen LogP contribution in [-0.2, 0) is 32.9 Å². The first kappa shape index (κ1) is 48.5. The van der Waals surface area contributed by atoms with Crippen LogP contribution in [0.25, 0.3) is 0 Å². The molecule has 0 bridgehead atoms. The van der Waals surface area contributed by atoms with Crippen molar-refractivity contribution in [2.75, 3.05) is 19.0 Å². The summed E-state index contributed by atoms with van der Waals surface area (Å²) >= 11 is 1.36. The van der Waals surface area contributed by atoms with Crippen LogP contribution < -0.4 is 68.9 Å². The van der Waals surface area contributed by atoms with Crippen molar-refractivity contribution in [3.63, 3.8) is 0 Å². The molecule has 0 aliphatic carbocycles. The van der Waals surface area contributed by atoms with Gasteiger partial charge in [-0.25, -0.2) is 0 Å². The average molecular weight is 669 g/mol. The second-order valence-corrected chi connectivity index (χ2v) is 13.2. The van der Waals surface area contributed by atoms with Crippen LogP contribution >= 0.6 is 19.6 Å². The van der Waals surface area contributed by atoms with Crippen molar-refractivity contribution in [2.45, 2.75) is 155 Å². The standard InChI is InChI=1S/C30H57O9PS.2Na/c1-3-4-5-6-7-8-9-10-11-13-17-20-23-30(33)39-28(26-38-40(34,35)36)25-37-29(32)22-19-16-14-12-15-18-21-24-41-27(2)31;;/h28H,3-26H2,1-2H3,(H2,34,35,36);;/q;2*+1/p-2/t28-;;/m0../s1. The maximum Gasteiger partial charge on any atom is 1.00 e. The zero-order chi connectivity index (χ0) is 30.6. The third kappa shape index (κ3) is 39.2. The normalized spacial score (nSPS) is 11.7. The van der Waals surface area contributed by atoms with Gasteiger partial charge < -0.3 is 28.3 Å². The predicted octanol–water partition coefficient (Wildman–Crippen LogP) is 0.786. The number of thioether (sulfide) groups is 1. The molecule has 1 atom stereocenters. The monoisotopic (exact) mass is 668 g/mol. The summed E-state index contributed by atoms with van der Waals surface area (Å²) in [4.78, 5) is 56.9. The molecule has 242 valence electrons. The molecule has 0 N–H and O–H groups in total. The molecule has 43 heavy (non-hydrogen) atoms. The maximum absolute atomic E-state index is 12.2. The number of carbonyl (C=O) groups excluding carboxylic acids is 3. The quantitative estimate of drug-likeness (QED) is 0.0486. The fourth-order valence-corrected chi connectivity index (χ4v) is 5.36. The van der Waals surface area contributed by atoms with Crippen LogP contribution in [0.4, 0.5) is 0 Å². The third-order valence-corrected chi connectivity index (χ3v) is 8.08. The Hall–Kier alpha value is 1.07. The van der Waals surface area contributed by atoms with Crippen LogP contribution in [0, 0.1) is 0 Å². The zero-order valence-electron chi connectivity index (χ0n) is 27.6. The molecular weight excluding hydrogens is 613 g/mol. The fourth-order valence-electron chi connectivity index (χ4n) is 4.37. The van der Waals surface area contributed by atoms with E-state index in [2.05, 4.69) is 11.4 Å². The summed E-state index contributed by atoms with van der Waals surface area (Å²) < 4.78 is 25.5. The molecule has 0 spiro atoms. The molecule has 0 heterocycles.